The third-order valence-electron chi connectivity index (χ3n) is 3.21. The van der Waals surface area contributed by atoms with Crippen LogP contribution in [0.5, 0.6) is 0 Å². The van der Waals surface area contributed by atoms with Crippen LogP contribution < -0.4 is 0 Å². The van der Waals surface area contributed by atoms with Crippen LogP contribution in [0.25, 0.3) is 0 Å². The van der Waals surface area contributed by atoms with Crippen LogP contribution in [0.3, 0.4) is 0 Å². The minimum Gasteiger partial charge on any atom is -0.373 e. The van der Waals surface area contributed by atoms with Crippen molar-refractivity contribution in [3.63, 3.8) is 0 Å². The lowest BCUT2D eigenvalue weighted by Gasteiger charge is -2.19. The van der Waals surface area contributed by atoms with Gasteiger partial charge in [-0.3, -0.25) is 0 Å². The molecule has 2 rings (SSSR count). The van der Waals surface area contributed by atoms with E-state index in [2.05, 4.69) is 21.1 Å². The molecule has 2 aliphatic rings. The Morgan fingerprint density at radius 3 is 2.62 bits per heavy atom. The predicted octanol–water partition coefficient (Wildman–Crippen LogP) is 1.50. The van der Waals surface area contributed by atoms with Crippen molar-refractivity contribution in [1.29, 1.82) is 0 Å². The molecule has 0 aromatic rings. The maximum atomic E-state index is 5.87. The van der Waals surface area contributed by atoms with Gasteiger partial charge in [0.05, 0.1) is 12.2 Å². The Morgan fingerprint density at radius 2 is 2.08 bits per heavy atom. The van der Waals surface area contributed by atoms with Gasteiger partial charge in [-0.25, -0.2) is 0 Å². The zero-order valence-corrected chi connectivity index (χ0v) is 9.56. The zero-order chi connectivity index (χ0) is 9.26. The molecule has 0 aliphatic carbocycles. The molecule has 2 aliphatic heterocycles. The molecule has 0 aromatic carbocycles. The molecular formula is C10H20NOP. The van der Waals surface area contributed by atoms with E-state index in [9.17, 15) is 0 Å². The molecule has 0 saturated carbocycles. The lowest BCUT2D eigenvalue weighted by molar-refractivity contribution is 0.0368. The highest BCUT2D eigenvalue weighted by atomic mass is 31.0. The molecule has 0 amide bonds. The van der Waals surface area contributed by atoms with Gasteiger partial charge in [-0.1, -0.05) is 0 Å². The van der Waals surface area contributed by atoms with E-state index < -0.39 is 0 Å². The fraction of sp³-hybridized carbons (Fsp3) is 1.00. The average Bonchev–Trinajstić information content (AvgIpc) is 2.64. The van der Waals surface area contributed by atoms with Crippen molar-refractivity contribution in [1.82, 2.24) is 4.90 Å². The van der Waals surface area contributed by atoms with Gasteiger partial charge in [0.25, 0.3) is 0 Å². The summed E-state index contributed by atoms with van der Waals surface area (Å²) in [6, 6.07) is 0. The molecule has 2 heterocycles. The van der Waals surface area contributed by atoms with E-state index >= 15 is 0 Å². The summed E-state index contributed by atoms with van der Waals surface area (Å²) in [7, 11) is 2.90. The van der Waals surface area contributed by atoms with E-state index in [1.165, 1.54) is 32.4 Å². The van der Waals surface area contributed by atoms with Crippen LogP contribution in [0.15, 0.2) is 0 Å². The molecule has 3 heteroatoms. The number of nitrogens with zero attached hydrogens (tertiary/aromatic N) is 1. The number of rotatable bonds is 2. The fourth-order valence-corrected chi connectivity index (χ4v) is 2.72. The minimum atomic E-state index is 0.442. The highest BCUT2D eigenvalue weighted by molar-refractivity contribution is 7.17. The van der Waals surface area contributed by atoms with Crippen LogP contribution >= 0.6 is 9.24 Å². The van der Waals surface area contributed by atoms with Gasteiger partial charge in [0.15, 0.2) is 0 Å². The minimum absolute atomic E-state index is 0.442. The van der Waals surface area contributed by atoms with Gasteiger partial charge in [0, 0.05) is 12.2 Å². The molecule has 0 aromatic heterocycles. The van der Waals surface area contributed by atoms with Crippen LogP contribution in [-0.2, 0) is 4.74 Å². The van der Waals surface area contributed by atoms with Gasteiger partial charge in [-0.15, -0.1) is 9.24 Å². The molecule has 2 nitrogen and oxygen atoms in total. The Labute approximate surface area is 83.2 Å². The number of hydrogen-bond acceptors (Lipinski definition) is 2. The van der Waals surface area contributed by atoms with Gasteiger partial charge < -0.3 is 9.64 Å². The SMILES string of the molecule is C[C@@H]1O[C@H](CN2CCCC2)C[C@@H]1P. The van der Waals surface area contributed by atoms with E-state index in [-0.39, 0.29) is 0 Å². The summed E-state index contributed by atoms with van der Waals surface area (Å²) >= 11 is 0. The first-order valence-corrected chi connectivity index (χ1v) is 6.06. The van der Waals surface area contributed by atoms with E-state index in [0.29, 0.717) is 17.9 Å². The maximum Gasteiger partial charge on any atom is 0.0712 e. The van der Waals surface area contributed by atoms with Gasteiger partial charge >= 0.3 is 0 Å². The van der Waals surface area contributed by atoms with Gasteiger partial charge in [-0.05, 0) is 39.3 Å². The van der Waals surface area contributed by atoms with Crippen molar-refractivity contribution >= 4 is 9.24 Å². The second-order valence-electron chi connectivity index (χ2n) is 4.37. The Kier molecular flexibility index (Phi) is 3.23. The van der Waals surface area contributed by atoms with Crippen molar-refractivity contribution in [2.75, 3.05) is 19.6 Å². The van der Waals surface area contributed by atoms with Crippen LogP contribution in [0.4, 0.5) is 0 Å². The highest BCUT2D eigenvalue weighted by Gasteiger charge is 2.30. The summed E-state index contributed by atoms with van der Waals surface area (Å²) in [6.45, 7) is 5.92. The second kappa shape index (κ2) is 4.25. The molecule has 1 unspecified atom stereocenters. The molecule has 0 spiro atoms. The quantitative estimate of drug-likeness (QED) is 0.628. The van der Waals surface area contributed by atoms with Crippen molar-refractivity contribution in [2.24, 2.45) is 0 Å². The lowest BCUT2D eigenvalue weighted by Crippen LogP contribution is -2.29. The largest absolute Gasteiger partial charge is 0.373 e. The first-order chi connectivity index (χ1) is 6.25. The molecular weight excluding hydrogens is 181 g/mol. The summed E-state index contributed by atoms with van der Waals surface area (Å²) in [5.41, 5.74) is 0.674. The molecule has 2 saturated heterocycles. The van der Waals surface area contributed by atoms with Crippen LogP contribution in [0.2, 0.25) is 0 Å². The average molecular weight is 201 g/mol. The topological polar surface area (TPSA) is 12.5 Å². The van der Waals surface area contributed by atoms with Crippen molar-refractivity contribution in [2.45, 2.75) is 44.1 Å². The van der Waals surface area contributed by atoms with Crippen molar-refractivity contribution in [3.05, 3.63) is 0 Å². The van der Waals surface area contributed by atoms with Gasteiger partial charge in [0.1, 0.15) is 0 Å². The molecule has 4 atom stereocenters. The summed E-state index contributed by atoms with van der Waals surface area (Å²) in [5, 5.41) is 0. The Hall–Kier alpha value is 0.350. The lowest BCUT2D eigenvalue weighted by atomic mass is 10.2. The van der Waals surface area contributed by atoms with Gasteiger partial charge in [0.2, 0.25) is 0 Å². The number of likely N-dealkylation sites (tertiary alicyclic amines) is 1. The fourth-order valence-electron chi connectivity index (χ4n) is 2.33. The number of ether oxygens (including phenoxy) is 1. The summed E-state index contributed by atoms with van der Waals surface area (Å²) < 4.78 is 5.87. The first-order valence-electron chi connectivity index (χ1n) is 5.39. The Morgan fingerprint density at radius 1 is 1.38 bits per heavy atom. The molecule has 0 bridgehead atoms. The normalized spacial score (nSPS) is 41.5. The molecule has 13 heavy (non-hydrogen) atoms. The van der Waals surface area contributed by atoms with Gasteiger partial charge in [-0.2, -0.15) is 0 Å². The van der Waals surface area contributed by atoms with Crippen LogP contribution in [-0.4, -0.2) is 42.4 Å². The second-order valence-corrected chi connectivity index (χ2v) is 5.23. The third-order valence-corrected chi connectivity index (χ3v) is 4.02. The van der Waals surface area contributed by atoms with Crippen molar-refractivity contribution < 1.29 is 4.74 Å². The first kappa shape index (κ1) is 9.89. The molecule has 2 fully saturated rings. The van der Waals surface area contributed by atoms with Crippen molar-refractivity contribution in [3.8, 4) is 0 Å². The third kappa shape index (κ3) is 2.43. The van der Waals surface area contributed by atoms with E-state index in [4.69, 9.17) is 4.74 Å². The summed E-state index contributed by atoms with van der Waals surface area (Å²) in [6.07, 6.45) is 4.93. The summed E-state index contributed by atoms with van der Waals surface area (Å²) in [4.78, 5) is 2.54. The van der Waals surface area contributed by atoms with Crippen LogP contribution in [0.1, 0.15) is 26.2 Å². The van der Waals surface area contributed by atoms with E-state index in [0.717, 1.165) is 6.54 Å². The molecule has 0 radical (unpaired) electrons. The maximum absolute atomic E-state index is 5.87. The van der Waals surface area contributed by atoms with E-state index in [1.54, 1.807) is 0 Å². The smallest absolute Gasteiger partial charge is 0.0712 e. The standard InChI is InChI=1S/C10H20NOP/c1-8-10(13)6-9(12-8)7-11-4-2-3-5-11/h8-10H,2-7,13H2,1H3/t8-,9-,10-/m0/s1. The zero-order valence-electron chi connectivity index (χ0n) is 8.41. The number of hydrogen-bond donors (Lipinski definition) is 0. The molecule has 76 valence electrons. The summed E-state index contributed by atoms with van der Waals surface area (Å²) in [5.74, 6) is 0. The predicted molar refractivity (Wildman–Crippen MR) is 58.1 cm³/mol. The van der Waals surface area contributed by atoms with E-state index in [1.807, 2.05) is 0 Å². The monoisotopic (exact) mass is 201 g/mol. The molecule has 0 N–H and O–H groups in total. The van der Waals surface area contributed by atoms with Crippen LogP contribution in [0, 0.1) is 0 Å². The Balaban J connectivity index is 1.76. The highest BCUT2D eigenvalue weighted by Crippen LogP contribution is 2.27. The Bertz CT molecular complexity index is 160.